The molecule has 136 valence electrons. The van der Waals surface area contributed by atoms with Gasteiger partial charge in [-0.15, -0.1) is 12.4 Å². The number of nitrogens with one attached hydrogen (secondary N) is 1. The maximum atomic E-state index is 12.1. The molecule has 0 saturated heterocycles. The van der Waals surface area contributed by atoms with E-state index in [2.05, 4.69) is 5.32 Å². The third-order valence-corrected chi connectivity index (χ3v) is 4.69. The van der Waals surface area contributed by atoms with Crippen LogP contribution in [0.1, 0.15) is 57.1 Å². The highest BCUT2D eigenvalue weighted by Gasteiger charge is 2.25. The summed E-state index contributed by atoms with van der Waals surface area (Å²) in [6, 6.07) is 9.52. The predicted octanol–water partition coefficient (Wildman–Crippen LogP) is 3.60. The van der Waals surface area contributed by atoms with Crippen LogP contribution in [0.3, 0.4) is 0 Å². The Hall–Kier alpha value is -1.10. The van der Waals surface area contributed by atoms with Crippen LogP contribution < -0.4 is 11.1 Å². The molecule has 1 saturated carbocycles. The molecule has 24 heavy (non-hydrogen) atoms. The summed E-state index contributed by atoms with van der Waals surface area (Å²) in [5.41, 5.74) is 7.09. The molecule has 1 aliphatic rings. The van der Waals surface area contributed by atoms with Gasteiger partial charge in [0.05, 0.1) is 6.10 Å². The van der Waals surface area contributed by atoms with Crippen molar-refractivity contribution in [2.24, 2.45) is 11.7 Å². The van der Waals surface area contributed by atoms with E-state index >= 15 is 0 Å². The Balaban J connectivity index is 0.00000288. The zero-order chi connectivity index (χ0) is 16.5. The second-order valence-corrected chi connectivity index (χ2v) is 6.40. The van der Waals surface area contributed by atoms with Gasteiger partial charge >= 0.3 is 0 Å². The molecule has 2 unspecified atom stereocenters. The van der Waals surface area contributed by atoms with Crippen molar-refractivity contribution in [1.82, 2.24) is 5.32 Å². The van der Waals surface area contributed by atoms with Crippen molar-refractivity contribution in [2.75, 3.05) is 13.2 Å². The molecule has 1 fully saturated rings. The minimum atomic E-state index is -0.242. The monoisotopic (exact) mass is 354 g/mol. The summed E-state index contributed by atoms with van der Waals surface area (Å²) in [5.74, 6) is 0.682. The second-order valence-electron chi connectivity index (χ2n) is 6.40. The van der Waals surface area contributed by atoms with Gasteiger partial charge in [-0.25, -0.2) is 0 Å². The maximum absolute atomic E-state index is 12.1. The number of nitrogens with two attached hydrogens (primary N) is 1. The molecular formula is C19H31ClN2O2. The Morgan fingerprint density at radius 1 is 1.29 bits per heavy atom. The van der Waals surface area contributed by atoms with Gasteiger partial charge in [0.25, 0.3) is 0 Å². The zero-order valence-electron chi connectivity index (χ0n) is 14.6. The van der Waals surface area contributed by atoms with Crippen molar-refractivity contribution in [3.8, 4) is 0 Å². The molecule has 0 heterocycles. The standard InChI is InChI=1S/C19H30N2O2.ClH/c1-2-23-18(16-10-6-7-11-16)12-13-21-19(22)14-17(20)15-8-4-3-5-9-15;/h3-5,8-9,16-18H,2,6-7,10-14,20H2,1H3,(H,21,22);1H. The van der Waals surface area contributed by atoms with Gasteiger partial charge in [0.15, 0.2) is 0 Å². The third kappa shape index (κ3) is 6.80. The molecular weight excluding hydrogens is 324 g/mol. The summed E-state index contributed by atoms with van der Waals surface area (Å²) in [6.07, 6.45) is 6.65. The summed E-state index contributed by atoms with van der Waals surface area (Å²) in [4.78, 5) is 12.1. The van der Waals surface area contributed by atoms with Crippen LogP contribution in [0.5, 0.6) is 0 Å². The molecule has 0 aliphatic heterocycles. The fraction of sp³-hybridized carbons (Fsp3) is 0.632. The van der Waals surface area contributed by atoms with Gasteiger partial charge in [0.1, 0.15) is 0 Å². The first-order valence-corrected chi connectivity index (χ1v) is 8.89. The first kappa shape index (κ1) is 20.9. The van der Waals surface area contributed by atoms with E-state index in [4.69, 9.17) is 10.5 Å². The van der Waals surface area contributed by atoms with E-state index in [0.717, 1.165) is 18.6 Å². The van der Waals surface area contributed by atoms with E-state index in [-0.39, 0.29) is 30.5 Å². The second kappa shape index (κ2) is 11.5. The Bertz CT molecular complexity index is 464. The number of benzene rings is 1. The van der Waals surface area contributed by atoms with Crippen molar-refractivity contribution in [3.63, 3.8) is 0 Å². The van der Waals surface area contributed by atoms with Gasteiger partial charge in [-0.1, -0.05) is 43.2 Å². The predicted molar refractivity (Wildman–Crippen MR) is 100 cm³/mol. The van der Waals surface area contributed by atoms with Crippen molar-refractivity contribution in [2.45, 2.75) is 57.6 Å². The quantitative estimate of drug-likeness (QED) is 0.712. The van der Waals surface area contributed by atoms with Crippen molar-refractivity contribution in [3.05, 3.63) is 35.9 Å². The summed E-state index contributed by atoms with van der Waals surface area (Å²) in [5, 5.41) is 3.00. The van der Waals surface area contributed by atoms with Crippen LogP contribution in [-0.4, -0.2) is 25.2 Å². The minimum Gasteiger partial charge on any atom is -0.378 e. The van der Waals surface area contributed by atoms with Gasteiger partial charge < -0.3 is 15.8 Å². The average molecular weight is 355 g/mol. The fourth-order valence-electron chi connectivity index (χ4n) is 3.44. The number of halogens is 1. The topological polar surface area (TPSA) is 64.3 Å². The molecule has 4 nitrogen and oxygen atoms in total. The number of amides is 1. The van der Waals surface area contributed by atoms with Gasteiger partial charge in [0.2, 0.25) is 5.91 Å². The molecule has 3 N–H and O–H groups in total. The Kier molecular flexibility index (Phi) is 9.99. The third-order valence-electron chi connectivity index (χ3n) is 4.69. The molecule has 2 rings (SSSR count). The molecule has 1 aliphatic carbocycles. The fourth-order valence-corrected chi connectivity index (χ4v) is 3.44. The first-order valence-electron chi connectivity index (χ1n) is 8.89. The summed E-state index contributed by atoms with van der Waals surface area (Å²) >= 11 is 0. The number of ether oxygens (including phenoxy) is 1. The van der Waals surface area contributed by atoms with E-state index in [0.29, 0.717) is 18.9 Å². The van der Waals surface area contributed by atoms with Crippen molar-refractivity contribution in [1.29, 1.82) is 0 Å². The van der Waals surface area contributed by atoms with E-state index in [9.17, 15) is 4.79 Å². The van der Waals surface area contributed by atoms with Crippen LogP contribution in [0.15, 0.2) is 30.3 Å². The van der Waals surface area contributed by atoms with E-state index in [1.807, 2.05) is 37.3 Å². The summed E-state index contributed by atoms with van der Waals surface area (Å²) in [6.45, 7) is 3.45. The molecule has 1 aromatic carbocycles. The lowest BCUT2D eigenvalue weighted by molar-refractivity contribution is -0.121. The maximum Gasteiger partial charge on any atom is 0.221 e. The largest absolute Gasteiger partial charge is 0.378 e. The van der Waals surface area contributed by atoms with Crippen molar-refractivity contribution >= 4 is 18.3 Å². The van der Waals surface area contributed by atoms with E-state index in [1.54, 1.807) is 0 Å². The van der Waals surface area contributed by atoms with Gasteiger partial charge in [0, 0.05) is 25.6 Å². The molecule has 0 bridgehead atoms. The number of carbonyl (C=O) groups is 1. The summed E-state index contributed by atoms with van der Waals surface area (Å²) < 4.78 is 5.88. The molecule has 0 aromatic heterocycles. The van der Waals surface area contributed by atoms with Crippen LogP contribution >= 0.6 is 12.4 Å². The van der Waals surface area contributed by atoms with Crippen LogP contribution in [0.2, 0.25) is 0 Å². The average Bonchev–Trinajstić information content (AvgIpc) is 3.09. The van der Waals surface area contributed by atoms with Crippen LogP contribution in [0.25, 0.3) is 0 Å². The number of hydrogen-bond acceptors (Lipinski definition) is 3. The Morgan fingerprint density at radius 3 is 2.58 bits per heavy atom. The van der Waals surface area contributed by atoms with Gasteiger partial charge in [-0.05, 0) is 37.7 Å². The minimum absolute atomic E-state index is 0. The lowest BCUT2D eigenvalue weighted by Crippen LogP contribution is -2.32. The Labute approximate surface area is 151 Å². The molecule has 5 heteroatoms. The van der Waals surface area contributed by atoms with E-state index < -0.39 is 0 Å². The molecule has 1 aromatic rings. The van der Waals surface area contributed by atoms with Gasteiger partial charge in [-0.3, -0.25) is 4.79 Å². The molecule has 1 amide bonds. The number of carbonyl (C=O) groups excluding carboxylic acids is 1. The van der Waals surface area contributed by atoms with Crippen LogP contribution in [-0.2, 0) is 9.53 Å². The highest BCUT2D eigenvalue weighted by atomic mass is 35.5. The molecule has 0 spiro atoms. The first-order chi connectivity index (χ1) is 11.2. The van der Waals surface area contributed by atoms with Crippen LogP contribution in [0.4, 0.5) is 0 Å². The smallest absolute Gasteiger partial charge is 0.221 e. The number of hydrogen-bond donors (Lipinski definition) is 2. The zero-order valence-corrected chi connectivity index (χ0v) is 15.4. The molecule has 2 atom stereocenters. The highest BCUT2D eigenvalue weighted by Crippen LogP contribution is 2.30. The normalized spacial score (nSPS) is 17.1. The molecule has 0 radical (unpaired) electrons. The van der Waals surface area contributed by atoms with E-state index in [1.165, 1.54) is 25.7 Å². The lowest BCUT2D eigenvalue weighted by Gasteiger charge is -2.23. The SMILES string of the molecule is CCOC(CCNC(=O)CC(N)c1ccccc1)C1CCCC1.Cl. The van der Waals surface area contributed by atoms with Crippen molar-refractivity contribution < 1.29 is 9.53 Å². The van der Waals surface area contributed by atoms with Gasteiger partial charge in [-0.2, -0.15) is 0 Å². The highest BCUT2D eigenvalue weighted by molar-refractivity contribution is 5.85. The summed E-state index contributed by atoms with van der Waals surface area (Å²) in [7, 11) is 0. The number of rotatable bonds is 9. The lowest BCUT2D eigenvalue weighted by atomic mass is 9.98. The Morgan fingerprint density at radius 2 is 1.96 bits per heavy atom. The van der Waals surface area contributed by atoms with Crippen LogP contribution in [0, 0.1) is 5.92 Å².